The quantitative estimate of drug-likeness (QED) is 0.628. The van der Waals surface area contributed by atoms with Crippen LogP contribution in [0.2, 0.25) is 0 Å². The molecule has 9 heteroatoms. The molecule has 0 saturated heterocycles. The molecule has 0 aromatic heterocycles. The smallest absolute Gasteiger partial charge is 0.294 e. The van der Waals surface area contributed by atoms with Gasteiger partial charge in [0.25, 0.3) is 10.1 Å². The minimum Gasteiger partial charge on any atom is -0.744 e. The molecular formula is C17H19NO6S2. The summed E-state index contributed by atoms with van der Waals surface area (Å²) in [5.74, 6) is 0. The lowest BCUT2D eigenvalue weighted by Crippen LogP contribution is -2.26. The van der Waals surface area contributed by atoms with Gasteiger partial charge in [0.05, 0.1) is 15.2 Å². The van der Waals surface area contributed by atoms with Crippen LogP contribution in [-0.4, -0.2) is 42.8 Å². The standard InChI is InChI=1S/C17H19NO6S2/c1-5-18-10(2)17(3,4)16-12-7-6-11(25(19,20)21)8-13(12)15(9-14(16)18)26(22,23)24/h6-9H,5H2,1-4H3,(H-,19,20,21,22,23,24). The van der Waals surface area contributed by atoms with Gasteiger partial charge in [0.2, 0.25) is 5.69 Å². The number of rotatable bonds is 3. The SMILES string of the molecule is CC[N+]1=C(C)C(C)(C)c2c1cc(S(=O)(=O)[O-])c1cc(S(=O)(=O)O)ccc21. The highest BCUT2D eigenvalue weighted by molar-refractivity contribution is 7.86. The van der Waals surface area contributed by atoms with Crippen molar-refractivity contribution >= 4 is 42.4 Å². The second-order valence-electron chi connectivity index (χ2n) is 6.86. The molecule has 1 aliphatic rings. The van der Waals surface area contributed by atoms with Gasteiger partial charge in [-0.3, -0.25) is 4.55 Å². The van der Waals surface area contributed by atoms with Gasteiger partial charge in [-0.15, -0.1) is 0 Å². The summed E-state index contributed by atoms with van der Waals surface area (Å²) in [6.45, 7) is 8.42. The van der Waals surface area contributed by atoms with Crippen molar-refractivity contribution < 1.29 is 30.5 Å². The Morgan fingerprint density at radius 2 is 1.73 bits per heavy atom. The average Bonchev–Trinajstić information content (AvgIpc) is 2.70. The first-order valence-corrected chi connectivity index (χ1v) is 10.8. The van der Waals surface area contributed by atoms with Crippen molar-refractivity contribution in [1.82, 2.24) is 0 Å². The molecule has 0 atom stereocenters. The van der Waals surface area contributed by atoms with Crippen molar-refractivity contribution in [2.75, 3.05) is 6.54 Å². The topological polar surface area (TPSA) is 115 Å². The summed E-state index contributed by atoms with van der Waals surface area (Å²) in [5, 5.41) is 0.470. The third-order valence-corrected chi connectivity index (χ3v) is 6.88. The number of nitrogens with zero attached hydrogens (tertiary/aromatic N) is 1. The number of hydrogen-bond acceptors (Lipinski definition) is 5. The Balaban J connectivity index is 2.57. The lowest BCUT2D eigenvalue weighted by Gasteiger charge is -2.19. The van der Waals surface area contributed by atoms with Crippen LogP contribution in [0.1, 0.15) is 33.3 Å². The van der Waals surface area contributed by atoms with Crippen LogP contribution in [0, 0.1) is 0 Å². The second kappa shape index (κ2) is 5.59. The Kier molecular flexibility index (Phi) is 4.08. The molecule has 3 rings (SSSR count). The summed E-state index contributed by atoms with van der Waals surface area (Å²) >= 11 is 0. The lowest BCUT2D eigenvalue weighted by molar-refractivity contribution is -0.434. The first kappa shape index (κ1) is 19.0. The van der Waals surface area contributed by atoms with Gasteiger partial charge in [-0.05, 0) is 38.3 Å². The predicted molar refractivity (Wildman–Crippen MR) is 95.9 cm³/mol. The molecule has 26 heavy (non-hydrogen) atoms. The zero-order valence-corrected chi connectivity index (χ0v) is 16.4. The van der Waals surface area contributed by atoms with E-state index in [2.05, 4.69) is 0 Å². The largest absolute Gasteiger partial charge is 0.744 e. The summed E-state index contributed by atoms with van der Waals surface area (Å²) in [6, 6.07) is 4.99. The highest BCUT2D eigenvalue weighted by atomic mass is 32.2. The Hall–Kier alpha value is -1.81. The maximum Gasteiger partial charge on any atom is 0.294 e. The van der Waals surface area contributed by atoms with E-state index in [0.717, 1.165) is 17.3 Å². The lowest BCUT2D eigenvalue weighted by atomic mass is 9.80. The van der Waals surface area contributed by atoms with Crippen LogP contribution in [0.15, 0.2) is 34.1 Å². The van der Waals surface area contributed by atoms with E-state index < -0.39 is 35.4 Å². The monoisotopic (exact) mass is 397 g/mol. The average molecular weight is 397 g/mol. The molecule has 0 saturated carbocycles. The van der Waals surface area contributed by atoms with Gasteiger partial charge < -0.3 is 4.55 Å². The first-order chi connectivity index (χ1) is 11.8. The highest BCUT2D eigenvalue weighted by Crippen LogP contribution is 2.46. The van der Waals surface area contributed by atoms with Gasteiger partial charge in [-0.25, -0.2) is 8.42 Å². The third-order valence-electron chi connectivity index (χ3n) is 5.16. The minimum absolute atomic E-state index is 0.00676. The molecule has 0 fully saturated rings. The molecule has 2 aromatic carbocycles. The highest BCUT2D eigenvalue weighted by Gasteiger charge is 2.44. The molecule has 0 bridgehead atoms. The van der Waals surface area contributed by atoms with Gasteiger partial charge in [0, 0.05) is 23.9 Å². The molecule has 0 spiro atoms. The van der Waals surface area contributed by atoms with E-state index in [1.165, 1.54) is 18.2 Å². The maximum atomic E-state index is 11.9. The molecule has 140 valence electrons. The molecule has 1 N–H and O–H groups in total. The van der Waals surface area contributed by atoms with Gasteiger partial charge in [-0.1, -0.05) is 6.07 Å². The number of hydrogen-bond donors (Lipinski definition) is 1. The van der Waals surface area contributed by atoms with E-state index in [-0.39, 0.29) is 5.39 Å². The van der Waals surface area contributed by atoms with E-state index in [4.69, 9.17) is 0 Å². The van der Waals surface area contributed by atoms with Gasteiger partial charge in [0.15, 0.2) is 5.71 Å². The summed E-state index contributed by atoms with van der Waals surface area (Å²) < 4.78 is 69.7. The molecule has 7 nitrogen and oxygen atoms in total. The van der Waals surface area contributed by atoms with Crippen molar-refractivity contribution in [3.05, 3.63) is 29.8 Å². The molecule has 0 unspecified atom stereocenters. The zero-order valence-electron chi connectivity index (χ0n) is 14.8. The molecule has 0 amide bonds. The Morgan fingerprint density at radius 3 is 2.23 bits per heavy atom. The Labute approximate surface area is 152 Å². The fourth-order valence-corrected chi connectivity index (χ4v) is 4.90. The third kappa shape index (κ3) is 2.66. The van der Waals surface area contributed by atoms with Crippen molar-refractivity contribution in [3.8, 4) is 0 Å². The van der Waals surface area contributed by atoms with Crippen molar-refractivity contribution in [1.29, 1.82) is 0 Å². The summed E-state index contributed by atoms with van der Waals surface area (Å²) in [5.41, 5.74) is 2.00. The summed E-state index contributed by atoms with van der Waals surface area (Å²) in [6.07, 6.45) is 0. The predicted octanol–water partition coefficient (Wildman–Crippen LogP) is 2.41. The van der Waals surface area contributed by atoms with Crippen molar-refractivity contribution in [2.45, 2.75) is 42.9 Å². The second-order valence-corrected chi connectivity index (χ2v) is 9.63. The van der Waals surface area contributed by atoms with Crippen LogP contribution in [-0.2, 0) is 25.7 Å². The number of benzene rings is 2. The van der Waals surface area contributed by atoms with E-state index in [1.54, 1.807) is 0 Å². The molecular weight excluding hydrogens is 378 g/mol. The van der Waals surface area contributed by atoms with Crippen molar-refractivity contribution in [3.63, 3.8) is 0 Å². The number of fused-ring (bicyclic) bond motifs is 3. The van der Waals surface area contributed by atoms with E-state index in [0.29, 0.717) is 17.6 Å². The molecule has 0 radical (unpaired) electrons. The summed E-state index contributed by atoms with van der Waals surface area (Å²) in [4.78, 5) is -0.959. The fourth-order valence-electron chi connectivity index (χ4n) is 3.70. The Bertz CT molecular complexity index is 1190. The van der Waals surface area contributed by atoms with Gasteiger partial charge in [-0.2, -0.15) is 13.0 Å². The Morgan fingerprint density at radius 1 is 1.12 bits per heavy atom. The minimum atomic E-state index is -4.86. The van der Waals surface area contributed by atoms with E-state index in [9.17, 15) is 25.9 Å². The maximum absolute atomic E-state index is 11.9. The van der Waals surface area contributed by atoms with Crippen LogP contribution < -0.4 is 0 Å². The molecule has 2 aromatic rings. The van der Waals surface area contributed by atoms with Crippen LogP contribution in [0.25, 0.3) is 10.8 Å². The van der Waals surface area contributed by atoms with Crippen LogP contribution in [0.4, 0.5) is 5.69 Å². The normalized spacial score (nSPS) is 17.0. The van der Waals surface area contributed by atoms with Gasteiger partial charge in [0.1, 0.15) is 16.7 Å². The van der Waals surface area contributed by atoms with E-state index >= 15 is 0 Å². The van der Waals surface area contributed by atoms with Crippen LogP contribution in [0.5, 0.6) is 0 Å². The first-order valence-electron chi connectivity index (χ1n) is 7.96. The van der Waals surface area contributed by atoms with Gasteiger partial charge >= 0.3 is 0 Å². The fraction of sp³-hybridized carbons (Fsp3) is 0.353. The summed E-state index contributed by atoms with van der Waals surface area (Å²) in [7, 11) is -9.40. The van der Waals surface area contributed by atoms with Crippen LogP contribution >= 0.6 is 0 Å². The van der Waals surface area contributed by atoms with E-state index in [1.807, 2.05) is 32.3 Å². The zero-order chi connectivity index (χ0) is 19.7. The molecule has 1 heterocycles. The molecule has 1 aliphatic heterocycles. The van der Waals surface area contributed by atoms with Crippen LogP contribution in [0.3, 0.4) is 0 Å². The van der Waals surface area contributed by atoms with Crippen molar-refractivity contribution in [2.24, 2.45) is 0 Å². The molecule has 0 aliphatic carbocycles.